The molecule has 1 atom stereocenters. The summed E-state index contributed by atoms with van der Waals surface area (Å²) in [6.07, 6.45) is 5.29. The molecule has 0 aromatic rings. The van der Waals surface area contributed by atoms with E-state index in [-0.39, 0.29) is 15.0 Å². The minimum atomic E-state index is 0.213. The van der Waals surface area contributed by atoms with Crippen molar-refractivity contribution in [2.24, 2.45) is 0 Å². The number of hydrogen-bond donors (Lipinski definition) is 1. The molecule has 0 aliphatic carbocycles. The molecule has 1 N–H and O–H groups in total. The van der Waals surface area contributed by atoms with Crippen LogP contribution in [0, 0.1) is 0 Å². The lowest BCUT2D eigenvalue weighted by atomic mass is 10.3. The number of hydrogen-bond acceptors (Lipinski definition) is 1. The Balaban J connectivity index is 2.97. The predicted octanol–water partition coefficient (Wildman–Crippen LogP) is 2.75. The second-order valence-electron chi connectivity index (χ2n) is 3.58. The van der Waals surface area contributed by atoms with Crippen LogP contribution in [0.5, 0.6) is 0 Å². The summed E-state index contributed by atoms with van der Waals surface area (Å²) in [5, 5.41) is 3.23. The van der Waals surface area contributed by atoms with Crippen molar-refractivity contribution in [2.45, 2.75) is 57.1 Å². The highest BCUT2D eigenvalue weighted by Crippen LogP contribution is 2.06. The van der Waals surface area contributed by atoms with Crippen LogP contribution in [0.3, 0.4) is 0 Å². The van der Waals surface area contributed by atoms with Crippen LogP contribution in [-0.2, 0) is 0 Å². The molecule has 80 valence electrons. The first kappa shape index (κ1) is 13.5. The van der Waals surface area contributed by atoms with E-state index in [1.54, 1.807) is 0 Å². The van der Waals surface area contributed by atoms with Crippen molar-refractivity contribution in [2.75, 3.05) is 6.54 Å². The molecule has 0 rings (SSSR count). The maximum Gasteiger partial charge on any atom is 0.0825 e. The van der Waals surface area contributed by atoms with E-state index in [2.05, 4.69) is 19.2 Å². The third kappa shape index (κ3) is 10.4. The Morgan fingerprint density at radius 2 is 1.92 bits per heavy atom. The summed E-state index contributed by atoms with van der Waals surface area (Å²) >= 11 is 6.03. The molecule has 0 spiro atoms. The van der Waals surface area contributed by atoms with Crippen LogP contribution >= 0.6 is 11.6 Å². The Hall–Kier alpha value is 0.467. The molecule has 1 nitrogen and oxygen atoms in total. The fourth-order valence-corrected chi connectivity index (χ4v) is 3.59. The van der Waals surface area contributed by atoms with Crippen LogP contribution < -0.4 is 5.32 Å². The number of rotatable bonds is 9. The van der Waals surface area contributed by atoms with Gasteiger partial charge in [-0.05, 0) is 13.0 Å². The lowest BCUT2D eigenvalue weighted by molar-refractivity contribution is 0.612. The highest BCUT2D eigenvalue weighted by molar-refractivity contribution is 6.35. The predicted molar refractivity (Wildman–Crippen MR) is 65.6 cm³/mol. The van der Waals surface area contributed by atoms with Gasteiger partial charge in [0.15, 0.2) is 0 Å². The molecule has 3 heteroatoms. The van der Waals surface area contributed by atoms with Gasteiger partial charge in [-0.3, -0.25) is 0 Å². The van der Waals surface area contributed by atoms with Gasteiger partial charge in [0.2, 0.25) is 0 Å². The van der Waals surface area contributed by atoms with Gasteiger partial charge in [-0.15, -0.1) is 11.6 Å². The van der Waals surface area contributed by atoms with Gasteiger partial charge in [-0.1, -0.05) is 45.2 Å². The Labute approximate surface area is 90.5 Å². The zero-order chi connectivity index (χ0) is 9.94. The van der Waals surface area contributed by atoms with E-state index in [0.29, 0.717) is 0 Å². The van der Waals surface area contributed by atoms with Crippen molar-refractivity contribution in [3.63, 3.8) is 0 Å². The van der Waals surface area contributed by atoms with E-state index in [0.717, 1.165) is 13.0 Å². The SMILES string of the molecule is CCCC[SiH2]CCCC(Cl)NCC. The number of alkyl halides is 1. The standard InChI is InChI=1S/C10H24ClNSi/c1-3-5-8-13-9-6-7-10(11)12-4-2/h10,12H,3-9,13H2,1-2H3. The second kappa shape index (κ2) is 10.5. The summed E-state index contributed by atoms with van der Waals surface area (Å²) in [5.74, 6) is 0. The summed E-state index contributed by atoms with van der Waals surface area (Å²) in [7, 11) is 0.257. The fraction of sp³-hybridized carbons (Fsp3) is 1.00. The topological polar surface area (TPSA) is 12.0 Å². The average Bonchev–Trinajstić information content (AvgIpc) is 2.11. The molecule has 0 amide bonds. The Bertz CT molecular complexity index is 101. The van der Waals surface area contributed by atoms with Crippen LogP contribution in [0.15, 0.2) is 0 Å². The summed E-state index contributed by atoms with van der Waals surface area (Å²) in [6, 6.07) is 3.01. The maximum atomic E-state index is 6.03. The first-order chi connectivity index (χ1) is 6.31. The lowest BCUT2D eigenvalue weighted by Crippen LogP contribution is -2.22. The quantitative estimate of drug-likeness (QED) is 0.273. The third-order valence-corrected chi connectivity index (χ3v) is 4.61. The van der Waals surface area contributed by atoms with E-state index in [4.69, 9.17) is 11.6 Å². The minimum Gasteiger partial charge on any atom is -0.302 e. The Morgan fingerprint density at radius 3 is 2.54 bits per heavy atom. The van der Waals surface area contributed by atoms with E-state index >= 15 is 0 Å². The molecule has 13 heavy (non-hydrogen) atoms. The molecule has 0 radical (unpaired) electrons. The lowest BCUT2D eigenvalue weighted by Gasteiger charge is -2.08. The van der Waals surface area contributed by atoms with Gasteiger partial charge >= 0.3 is 0 Å². The zero-order valence-electron chi connectivity index (χ0n) is 9.11. The summed E-state index contributed by atoms with van der Waals surface area (Å²) < 4.78 is 0. The van der Waals surface area contributed by atoms with Crippen molar-refractivity contribution in [1.82, 2.24) is 5.32 Å². The van der Waals surface area contributed by atoms with Gasteiger partial charge in [0.25, 0.3) is 0 Å². The third-order valence-electron chi connectivity index (χ3n) is 2.24. The normalized spacial score (nSPS) is 14.1. The Kier molecular flexibility index (Phi) is 10.9. The van der Waals surface area contributed by atoms with Crippen LogP contribution in [0.25, 0.3) is 0 Å². The summed E-state index contributed by atoms with van der Waals surface area (Å²) in [5.41, 5.74) is 0.213. The van der Waals surface area contributed by atoms with Gasteiger partial charge < -0.3 is 5.32 Å². The molecule has 0 aromatic carbocycles. The molecular formula is C10H24ClNSi. The molecule has 0 aliphatic heterocycles. The molecule has 0 heterocycles. The van der Waals surface area contributed by atoms with Crippen molar-refractivity contribution in [3.8, 4) is 0 Å². The van der Waals surface area contributed by atoms with E-state index < -0.39 is 0 Å². The van der Waals surface area contributed by atoms with Crippen molar-refractivity contribution < 1.29 is 0 Å². The monoisotopic (exact) mass is 221 g/mol. The highest BCUT2D eigenvalue weighted by Gasteiger charge is 2.00. The molecule has 0 bridgehead atoms. The molecule has 0 aliphatic rings. The molecule has 1 unspecified atom stereocenters. The van der Waals surface area contributed by atoms with Crippen molar-refractivity contribution in [1.29, 1.82) is 0 Å². The van der Waals surface area contributed by atoms with Gasteiger partial charge in [0, 0.05) is 9.52 Å². The van der Waals surface area contributed by atoms with E-state index in [1.165, 1.54) is 31.4 Å². The highest BCUT2D eigenvalue weighted by atomic mass is 35.5. The second-order valence-corrected chi connectivity index (χ2v) is 6.23. The maximum absolute atomic E-state index is 6.03. The van der Waals surface area contributed by atoms with Crippen LogP contribution in [0.2, 0.25) is 12.1 Å². The number of nitrogens with one attached hydrogen (secondary N) is 1. The van der Waals surface area contributed by atoms with Crippen molar-refractivity contribution in [3.05, 3.63) is 0 Å². The number of unbranched alkanes of at least 4 members (excludes halogenated alkanes) is 1. The van der Waals surface area contributed by atoms with Crippen LogP contribution in [0.4, 0.5) is 0 Å². The van der Waals surface area contributed by atoms with E-state index in [9.17, 15) is 0 Å². The van der Waals surface area contributed by atoms with Gasteiger partial charge in [0.1, 0.15) is 0 Å². The Morgan fingerprint density at radius 1 is 1.23 bits per heavy atom. The summed E-state index contributed by atoms with van der Waals surface area (Å²) in [6.45, 7) is 5.36. The van der Waals surface area contributed by atoms with Crippen LogP contribution in [0.1, 0.15) is 39.5 Å². The average molecular weight is 222 g/mol. The van der Waals surface area contributed by atoms with Crippen molar-refractivity contribution >= 4 is 21.1 Å². The van der Waals surface area contributed by atoms with Gasteiger partial charge in [-0.2, -0.15) is 0 Å². The number of halogens is 1. The smallest absolute Gasteiger partial charge is 0.0825 e. The molecule has 0 saturated carbocycles. The first-order valence-electron chi connectivity index (χ1n) is 5.68. The zero-order valence-corrected chi connectivity index (χ0v) is 11.3. The fourth-order valence-electron chi connectivity index (χ4n) is 1.43. The first-order valence-corrected chi connectivity index (χ1v) is 8.12. The molecule has 0 saturated heterocycles. The molecule has 0 fully saturated rings. The van der Waals surface area contributed by atoms with Gasteiger partial charge in [0.05, 0.1) is 5.50 Å². The van der Waals surface area contributed by atoms with Gasteiger partial charge in [-0.25, -0.2) is 0 Å². The largest absolute Gasteiger partial charge is 0.302 e. The van der Waals surface area contributed by atoms with E-state index in [1.807, 2.05) is 0 Å². The summed E-state index contributed by atoms with van der Waals surface area (Å²) in [4.78, 5) is 0. The molecular weight excluding hydrogens is 198 g/mol. The van der Waals surface area contributed by atoms with Crippen LogP contribution in [-0.4, -0.2) is 21.6 Å². The molecule has 0 aromatic heterocycles. The minimum absolute atomic E-state index is 0.213.